The number of anilines is 1. The van der Waals surface area contributed by atoms with Crippen molar-refractivity contribution in [3.63, 3.8) is 0 Å². The van der Waals surface area contributed by atoms with Crippen LogP contribution in [0.3, 0.4) is 0 Å². The van der Waals surface area contributed by atoms with Gasteiger partial charge >= 0.3 is 6.09 Å². The van der Waals surface area contributed by atoms with Gasteiger partial charge in [0.1, 0.15) is 0 Å². The van der Waals surface area contributed by atoms with Crippen molar-refractivity contribution >= 4 is 40.3 Å². The molecule has 2 rings (SSSR count). The first-order chi connectivity index (χ1) is 12.0. The first-order valence-corrected chi connectivity index (χ1v) is 9.11. The lowest BCUT2D eigenvalue weighted by Crippen LogP contribution is -2.32. The number of nitrogens with one attached hydrogen (secondary N) is 2. The van der Waals surface area contributed by atoms with Gasteiger partial charge in [-0.2, -0.15) is 0 Å². The van der Waals surface area contributed by atoms with Crippen molar-refractivity contribution in [2.75, 3.05) is 11.9 Å². The fourth-order valence-electron chi connectivity index (χ4n) is 2.41. The van der Waals surface area contributed by atoms with Gasteiger partial charge in [0.25, 0.3) is 0 Å². The number of ether oxygens (including phenoxy) is 1. The van der Waals surface area contributed by atoms with Gasteiger partial charge < -0.3 is 15.4 Å². The zero-order valence-electron chi connectivity index (χ0n) is 14.2. The average Bonchev–Trinajstić information content (AvgIpc) is 2.58. The van der Waals surface area contributed by atoms with Crippen molar-refractivity contribution in [2.24, 2.45) is 0 Å². The standard InChI is InChI=1S/C19H21IN2O3/c1-3-25-19(24)22-17(14-7-5-4-6-8-14)12-18(23)21-16-10-9-15(20)11-13(16)2/h4-11,17H,3,12H2,1-2H3,(H,21,23)(H,22,24)/t17-/m0/s1. The van der Waals surface area contributed by atoms with Crippen LogP contribution in [0.15, 0.2) is 48.5 Å². The first kappa shape index (κ1) is 19.2. The molecule has 0 heterocycles. The van der Waals surface area contributed by atoms with E-state index in [9.17, 15) is 9.59 Å². The number of amides is 2. The molecule has 25 heavy (non-hydrogen) atoms. The molecule has 0 aliphatic heterocycles. The van der Waals surface area contributed by atoms with Crippen molar-refractivity contribution < 1.29 is 14.3 Å². The Morgan fingerprint density at radius 2 is 1.88 bits per heavy atom. The van der Waals surface area contributed by atoms with Gasteiger partial charge in [0.15, 0.2) is 0 Å². The van der Waals surface area contributed by atoms with Crippen LogP contribution in [0.1, 0.15) is 30.5 Å². The van der Waals surface area contributed by atoms with Crippen LogP contribution in [0.4, 0.5) is 10.5 Å². The van der Waals surface area contributed by atoms with Crippen LogP contribution < -0.4 is 10.6 Å². The summed E-state index contributed by atoms with van der Waals surface area (Å²) in [5.74, 6) is -0.171. The third-order valence-electron chi connectivity index (χ3n) is 3.62. The number of hydrogen-bond donors (Lipinski definition) is 2. The fourth-order valence-corrected chi connectivity index (χ4v) is 3.05. The second kappa shape index (κ2) is 9.41. The monoisotopic (exact) mass is 452 g/mol. The molecular weight excluding hydrogens is 431 g/mol. The average molecular weight is 452 g/mol. The summed E-state index contributed by atoms with van der Waals surface area (Å²) in [7, 11) is 0. The zero-order valence-corrected chi connectivity index (χ0v) is 16.4. The molecular formula is C19H21IN2O3. The van der Waals surface area contributed by atoms with Crippen LogP contribution in [0.2, 0.25) is 0 Å². The Morgan fingerprint density at radius 1 is 1.16 bits per heavy atom. The Labute approximate surface area is 161 Å². The molecule has 0 bridgehead atoms. The van der Waals surface area contributed by atoms with Crippen LogP contribution >= 0.6 is 22.6 Å². The minimum Gasteiger partial charge on any atom is -0.450 e. The first-order valence-electron chi connectivity index (χ1n) is 8.04. The van der Waals surface area contributed by atoms with E-state index in [2.05, 4.69) is 33.2 Å². The summed E-state index contributed by atoms with van der Waals surface area (Å²) in [6, 6.07) is 14.7. The predicted octanol–water partition coefficient (Wildman–Crippen LogP) is 4.42. The normalized spacial score (nSPS) is 11.5. The van der Waals surface area contributed by atoms with E-state index in [0.29, 0.717) is 0 Å². The fraction of sp³-hybridized carbons (Fsp3) is 0.263. The van der Waals surface area contributed by atoms with Crippen molar-refractivity contribution in [2.45, 2.75) is 26.3 Å². The van der Waals surface area contributed by atoms with Crippen molar-refractivity contribution in [3.8, 4) is 0 Å². The van der Waals surface area contributed by atoms with E-state index in [0.717, 1.165) is 20.4 Å². The molecule has 0 spiro atoms. The molecule has 0 fully saturated rings. The number of rotatable bonds is 6. The molecule has 0 aromatic heterocycles. The molecule has 5 nitrogen and oxygen atoms in total. The van der Waals surface area contributed by atoms with Crippen LogP contribution in [-0.2, 0) is 9.53 Å². The zero-order chi connectivity index (χ0) is 18.2. The van der Waals surface area contributed by atoms with Gasteiger partial charge in [0, 0.05) is 9.26 Å². The van der Waals surface area contributed by atoms with Gasteiger partial charge in [-0.25, -0.2) is 4.79 Å². The quantitative estimate of drug-likeness (QED) is 0.638. The smallest absolute Gasteiger partial charge is 0.407 e. The summed E-state index contributed by atoms with van der Waals surface area (Å²) >= 11 is 2.23. The van der Waals surface area contributed by atoms with E-state index >= 15 is 0 Å². The molecule has 0 unspecified atom stereocenters. The van der Waals surface area contributed by atoms with E-state index in [1.54, 1.807) is 6.92 Å². The van der Waals surface area contributed by atoms with Crippen LogP contribution in [0.25, 0.3) is 0 Å². The predicted molar refractivity (Wildman–Crippen MR) is 106 cm³/mol. The van der Waals surface area contributed by atoms with Gasteiger partial charge in [-0.3, -0.25) is 4.79 Å². The number of carbonyl (C=O) groups excluding carboxylic acids is 2. The molecule has 0 saturated carbocycles. The summed E-state index contributed by atoms with van der Waals surface area (Å²) in [5, 5.41) is 5.66. The molecule has 6 heteroatoms. The maximum absolute atomic E-state index is 12.5. The van der Waals surface area contributed by atoms with Crippen LogP contribution in [0.5, 0.6) is 0 Å². The molecule has 0 aliphatic rings. The molecule has 132 valence electrons. The maximum Gasteiger partial charge on any atom is 0.407 e. The molecule has 0 saturated heterocycles. The molecule has 2 N–H and O–H groups in total. The maximum atomic E-state index is 12.5. The second-order valence-corrected chi connectivity index (χ2v) is 6.79. The summed E-state index contributed by atoms with van der Waals surface area (Å²) in [4.78, 5) is 24.3. The summed E-state index contributed by atoms with van der Waals surface area (Å²) in [6.45, 7) is 3.97. The van der Waals surface area contributed by atoms with Gasteiger partial charge in [-0.15, -0.1) is 0 Å². The van der Waals surface area contributed by atoms with Crippen molar-refractivity contribution in [3.05, 3.63) is 63.2 Å². The number of halogens is 1. The molecule has 2 aromatic rings. The minimum absolute atomic E-state index is 0.119. The Morgan fingerprint density at radius 3 is 2.52 bits per heavy atom. The summed E-state index contributed by atoms with van der Waals surface area (Å²) < 4.78 is 6.05. The molecule has 2 amide bonds. The van der Waals surface area contributed by atoms with Crippen LogP contribution in [0, 0.1) is 10.5 Å². The number of aryl methyl sites for hydroxylation is 1. The van der Waals surface area contributed by atoms with E-state index in [1.807, 2.05) is 55.5 Å². The number of hydrogen-bond acceptors (Lipinski definition) is 3. The van der Waals surface area contributed by atoms with Gasteiger partial charge in [-0.1, -0.05) is 30.3 Å². The third kappa shape index (κ3) is 6.04. The van der Waals surface area contributed by atoms with E-state index in [-0.39, 0.29) is 18.9 Å². The summed E-state index contributed by atoms with van der Waals surface area (Å²) in [6.07, 6.45) is -0.413. The lowest BCUT2D eigenvalue weighted by Gasteiger charge is -2.19. The lowest BCUT2D eigenvalue weighted by atomic mass is 10.0. The van der Waals surface area contributed by atoms with Gasteiger partial charge in [-0.05, 0) is 65.8 Å². The topological polar surface area (TPSA) is 67.4 Å². The SMILES string of the molecule is CCOC(=O)N[C@@H](CC(=O)Nc1ccc(I)cc1C)c1ccccc1. The van der Waals surface area contributed by atoms with Crippen molar-refractivity contribution in [1.29, 1.82) is 0 Å². The second-order valence-electron chi connectivity index (χ2n) is 5.54. The highest BCUT2D eigenvalue weighted by molar-refractivity contribution is 14.1. The molecule has 0 radical (unpaired) electrons. The number of benzene rings is 2. The molecule has 0 aliphatic carbocycles. The highest BCUT2D eigenvalue weighted by Gasteiger charge is 2.19. The Hall–Kier alpha value is -2.09. The van der Waals surface area contributed by atoms with E-state index in [4.69, 9.17) is 4.74 Å². The molecule has 1 atom stereocenters. The third-order valence-corrected chi connectivity index (χ3v) is 4.29. The van der Waals surface area contributed by atoms with E-state index < -0.39 is 12.1 Å². The van der Waals surface area contributed by atoms with Gasteiger partial charge in [0.05, 0.1) is 19.1 Å². The Bertz CT molecular complexity index is 735. The highest BCUT2D eigenvalue weighted by Crippen LogP contribution is 2.21. The lowest BCUT2D eigenvalue weighted by molar-refractivity contribution is -0.116. The summed E-state index contributed by atoms with van der Waals surface area (Å²) in [5.41, 5.74) is 2.62. The van der Waals surface area contributed by atoms with E-state index in [1.165, 1.54) is 0 Å². The van der Waals surface area contributed by atoms with Gasteiger partial charge in [0.2, 0.25) is 5.91 Å². The Kier molecular flexibility index (Phi) is 7.24. The highest BCUT2D eigenvalue weighted by atomic mass is 127. The number of carbonyl (C=O) groups is 2. The number of alkyl carbamates (subject to hydrolysis) is 1. The minimum atomic E-state index is -0.533. The van der Waals surface area contributed by atoms with Crippen molar-refractivity contribution in [1.82, 2.24) is 5.32 Å². The largest absolute Gasteiger partial charge is 0.450 e. The van der Waals surface area contributed by atoms with Crippen LogP contribution in [-0.4, -0.2) is 18.6 Å². The molecule has 2 aromatic carbocycles. The Balaban J connectivity index is 2.09.